The van der Waals surface area contributed by atoms with Crippen LogP contribution in [-0.2, 0) is 14.3 Å². The summed E-state index contributed by atoms with van der Waals surface area (Å²) < 4.78 is 4.84. The van der Waals surface area contributed by atoms with Crippen molar-refractivity contribution < 1.29 is 24.2 Å². The average molecular weight is 312 g/mol. The topological polar surface area (TPSA) is 87.2 Å². The number of hydrogen-bond donors (Lipinski definition) is 1. The summed E-state index contributed by atoms with van der Waals surface area (Å²) >= 11 is 0. The van der Waals surface area contributed by atoms with Crippen LogP contribution in [0, 0.1) is 5.92 Å². The number of carbonyl (C=O) groups excluding carboxylic acids is 2. The lowest BCUT2D eigenvalue weighted by Gasteiger charge is -2.33. The Labute approximate surface area is 130 Å². The van der Waals surface area contributed by atoms with Gasteiger partial charge in [-0.25, -0.2) is 9.59 Å². The molecule has 2 aliphatic heterocycles. The van der Waals surface area contributed by atoms with E-state index in [9.17, 15) is 19.5 Å². The Kier molecular flexibility index (Phi) is 4.63. The number of likely N-dealkylation sites (tertiary alicyclic amines) is 2. The van der Waals surface area contributed by atoms with Crippen molar-refractivity contribution in [2.45, 2.75) is 51.1 Å². The molecule has 2 aliphatic rings. The highest BCUT2D eigenvalue weighted by Crippen LogP contribution is 2.40. The maximum absolute atomic E-state index is 12.9. The van der Waals surface area contributed by atoms with E-state index in [0.717, 1.165) is 0 Å². The van der Waals surface area contributed by atoms with E-state index in [1.54, 1.807) is 0 Å². The smallest absolute Gasteiger partial charge is 0.408 e. The molecule has 2 amide bonds. The summed E-state index contributed by atoms with van der Waals surface area (Å²) in [5.41, 5.74) is -0.977. The van der Waals surface area contributed by atoms with E-state index in [4.69, 9.17) is 4.74 Å². The third kappa shape index (κ3) is 2.64. The fraction of sp³-hybridized carbons (Fsp3) is 0.800. The Morgan fingerprint density at radius 2 is 2.00 bits per heavy atom. The number of amides is 2. The van der Waals surface area contributed by atoms with Crippen molar-refractivity contribution >= 4 is 18.0 Å². The molecule has 0 saturated carbocycles. The molecule has 2 saturated heterocycles. The Hall–Kier alpha value is -1.79. The first-order chi connectivity index (χ1) is 10.3. The first kappa shape index (κ1) is 16.6. The summed E-state index contributed by atoms with van der Waals surface area (Å²) in [6.07, 6.45) is 1.11. The fourth-order valence-corrected chi connectivity index (χ4v) is 3.65. The Bertz CT molecular complexity index is 479. The predicted molar refractivity (Wildman–Crippen MR) is 78.3 cm³/mol. The van der Waals surface area contributed by atoms with Crippen molar-refractivity contribution in [2.24, 2.45) is 5.92 Å². The number of esters is 1. The molecule has 0 bridgehead atoms. The number of methoxy groups -OCH3 is 1. The molecule has 2 atom stereocenters. The second-order valence-electron chi connectivity index (χ2n) is 6.49. The number of rotatable bonds is 4. The Morgan fingerprint density at radius 1 is 1.32 bits per heavy atom. The van der Waals surface area contributed by atoms with E-state index < -0.39 is 23.6 Å². The highest BCUT2D eigenvalue weighted by molar-refractivity contribution is 5.95. The molecule has 124 valence electrons. The summed E-state index contributed by atoms with van der Waals surface area (Å²) in [4.78, 5) is 39.1. The summed E-state index contributed by atoms with van der Waals surface area (Å²) in [7, 11) is 1.31. The zero-order chi connectivity index (χ0) is 16.5. The molecule has 0 aliphatic carbocycles. The molecule has 2 rings (SSSR count). The fourth-order valence-electron chi connectivity index (χ4n) is 3.65. The van der Waals surface area contributed by atoms with Crippen molar-refractivity contribution in [3.05, 3.63) is 0 Å². The molecule has 0 aromatic heterocycles. The molecule has 0 aromatic carbocycles. The maximum atomic E-state index is 12.9. The van der Waals surface area contributed by atoms with Gasteiger partial charge in [0.05, 0.1) is 7.11 Å². The normalized spacial score (nSPS) is 26.1. The van der Waals surface area contributed by atoms with E-state index in [1.165, 1.54) is 16.9 Å². The quantitative estimate of drug-likeness (QED) is 0.791. The minimum absolute atomic E-state index is 0.229. The van der Waals surface area contributed by atoms with Crippen molar-refractivity contribution in [3.8, 4) is 0 Å². The molecular weight excluding hydrogens is 288 g/mol. The summed E-state index contributed by atoms with van der Waals surface area (Å²) in [5, 5.41) is 9.35. The van der Waals surface area contributed by atoms with Crippen LogP contribution in [0.25, 0.3) is 0 Å². The first-order valence-corrected chi connectivity index (χ1v) is 7.73. The molecule has 22 heavy (non-hydrogen) atoms. The molecule has 0 aromatic rings. The van der Waals surface area contributed by atoms with Gasteiger partial charge in [0.1, 0.15) is 11.6 Å². The molecular formula is C15H24N2O5. The van der Waals surface area contributed by atoms with E-state index in [2.05, 4.69) is 0 Å². The Morgan fingerprint density at radius 3 is 2.55 bits per heavy atom. The van der Waals surface area contributed by atoms with Gasteiger partial charge >= 0.3 is 12.1 Å². The maximum Gasteiger partial charge on any atom is 0.408 e. The van der Waals surface area contributed by atoms with Crippen LogP contribution in [0.1, 0.15) is 39.5 Å². The van der Waals surface area contributed by atoms with Gasteiger partial charge in [0, 0.05) is 13.1 Å². The van der Waals surface area contributed by atoms with Crippen molar-refractivity contribution in [3.63, 3.8) is 0 Å². The van der Waals surface area contributed by atoms with Gasteiger partial charge in [-0.3, -0.25) is 9.69 Å². The average Bonchev–Trinajstić information content (AvgIpc) is 3.02. The number of carbonyl (C=O) groups is 3. The van der Waals surface area contributed by atoms with Crippen LogP contribution in [0.2, 0.25) is 0 Å². The third-order valence-corrected chi connectivity index (χ3v) is 4.69. The van der Waals surface area contributed by atoms with Gasteiger partial charge in [0.25, 0.3) is 0 Å². The lowest BCUT2D eigenvalue weighted by Crippen LogP contribution is -2.54. The van der Waals surface area contributed by atoms with E-state index in [1.807, 2.05) is 13.8 Å². The molecule has 2 heterocycles. The molecule has 1 N–H and O–H groups in total. The van der Waals surface area contributed by atoms with Gasteiger partial charge in [-0.05, 0) is 31.6 Å². The molecule has 0 unspecified atom stereocenters. The van der Waals surface area contributed by atoms with Gasteiger partial charge in [0.2, 0.25) is 5.91 Å². The number of carboxylic acid groups (broad SMARTS) is 1. The van der Waals surface area contributed by atoms with Crippen LogP contribution < -0.4 is 0 Å². The zero-order valence-electron chi connectivity index (χ0n) is 13.4. The number of ether oxygens (including phenoxy) is 1. The largest absolute Gasteiger partial charge is 0.467 e. The molecule has 7 nitrogen and oxygen atoms in total. The zero-order valence-corrected chi connectivity index (χ0v) is 13.4. The third-order valence-electron chi connectivity index (χ3n) is 4.69. The predicted octanol–water partition coefficient (Wildman–Crippen LogP) is 1.32. The molecule has 7 heteroatoms. The lowest BCUT2D eigenvalue weighted by molar-refractivity contribution is -0.153. The van der Waals surface area contributed by atoms with E-state index in [0.29, 0.717) is 38.8 Å². The highest BCUT2D eigenvalue weighted by atomic mass is 16.5. The minimum Gasteiger partial charge on any atom is -0.467 e. The Balaban J connectivity index is 2.25. The van der Waals surface area contributed by atoms with Crippen molar-refractivity contribution in [1.29, 1.82) is 0 Å². The summed E-state index contributed by atoms with van der Waals surface area (Å²) in [6.45, 7) is 4.73. The minimum atomic E-state index is -1.06. The molecule has 2 fully saturated rings. The molecule has 1 spiro atoms. The van der Waals surface area contributed by atoms with Crippen LogP contribution >= 0.6 is 0 Å². The van der Waals surface area contributed by atoms with Gasteiger partial charge in [-0.2, -0.15) is 0 Å². The van der Waals surface area contributed by atoms with E-state index >= 15 is 0 Å². The van der Waals surface area contributed by atoms with Gasteiger partial charge in [-0.1, -0.05) is 13.8 Å². The second-order valence-corrected chi connectivity index (χ2v) is 6.49. The van der Waals surface area contributed by atoms with Crippen molar-refractivity contribution in [1.82, 2.24) is 9.80 Å². The first-order valence-electron chi connectivity index (χ1n) is 7.73. The molecule has 0 radical (unpaired) electrons. The summed E-state index contributed by atoms with van der Waals surface area (Å²) in [5.74, 6) is -0.449. The van der Waals surface area contributed by atoms with Gasteiger partial charge < -0.3 is 14.7 Å². The van der Waals surface area contributed by atoms with E-state index in [-0.39, 0.29) is 11.8 Å². The van der Waals surface area contributed by atoms with Crippen LogP contribution in [0.5, 0.6) is 0 Å². The van der Waals surface area contributed by atoms with Crippen molar-refractivity contribution in [2.75, 3.05) is 20.2 Å². The van der Waals surface area contributed by atoms with Crippen LogP contribution in [0.15, 0.2) is 0 Å². The van der Waals surface area contributed by atoms with Crippen LogP contribution in [-0.4, -0.2) is 64.7 Å². The SMILES string of the molecule is COC(=O)[C@H](CC(C)C)N1CC[C@@]2(CCCN2C(=O)O)C1=O. The number of hydrogen-bond acceptors (Lipinski definition) is 4. The standard InChI is InChI=1S/C15H24N2O5/c1-10(2)9-11(12(18)22-3)16-8-6-15(13(16)19)5-4-7-17(15)14(20)21/h10-11H,4-9H2,1-3H3,(H,20,21)/t11-,15-/m0/s1. The highest BCUT2D eigenvalue weighted by Gasteiger charge is 2.57. The number of nitrogens with zero attached hydrogens (tertiary/aromatic N) is 2. The van der Waals surface area contributed by atoms with Crippen LogP contribution in [0.3, 0.4) is 0 Å². The van der Waals surface area contributed by atoms with Gasteiger partial charge in [-0.15, -0.1) is 0 Å². The lowest BCUT2D eigenvalue weighted by atomic mass is 9.94. The second kappa shape index (κ2) is 6.14. The van der Waals surface area contributed by atoms with Gasteiger partial charge in [0.15, 0.2) is 0 Å². The van der Waals surface area contributed by atoms with Crippen LogP contribution in [0.4, 0.5) is 4.79 Å². The monoisotopic (exact) mass is 312 g/mol. The summed E-state index contributed by atoms with van der Waals surface area (Å²) in [6, 6.07) is -0.631.